The molecule has 0 saturated carbocycles. The van der Waals surface area contributed by atoms with Gasteiger partial charge in [0.1, 0.15) is 0 Å². The second-order valence-corrected chi connectivity index (χ2v) is 7.57. The topological polar surface area (TPSA) is 15.6 Å². The third-order valence-electron chi connectivity index (χ3n) is 3.77. The predicted molar refractivity (Wildman–Crippen MR) is 96.8 cm³/mol. The van der Waals surface area contributed by atoms with Crippen molar-refractivity contribution < 1.29 is 0 Å². The maximum absolute atomic E-state index is 4.96. The molecule has 0 fully saturated rings. The van der Waals surface area contributed by atoms with Crippen molar-refractivity contribution in [3.05, 3.63) is 102 Å². The number of hydrazone groups is 1. The van der Waals surface area contributed by atoms with Gasteiger partial charge in [-0.2, -0.15) is 0 Å². The fourth-order valence-electron chi connectivity index (χ4n) is 2.64. The summed E-state index contributed by atoms with van der Waals surface area (Å²) >= 11 is 0.262. The molecular formula is C20H16N2Se. The van der Waals surface area contributed by atoms with Gasteiger partial charge in [0.2, 0.25) is 0 Å². The van der Waals surface area contributed by atoms with Crippen molar-refractivity contribution >= 4 is 25.3 Å². The van der Waals surface area contributed by atoms with E-state index in [2.05, 4.69) is 89.9 Å². The normalized spacial score (nSPS) is 17.1. The number of benzene rings is 3. The zero-order valence-electron chi connectivity index (χ0n) is 12.5. The number of hydrogen-bond donors (Lipinski definition) is 0. The van der Waals surface area contributed by atoms with Gasteiger partial charge < -0.3 is 0 Å². The number of anilines is 1. The molecule has 1 heterocycles. The second kappa shape index (κ2) is 6.41. The van der Waals surface area contributed by atoms with E-state index in [0.29, 0.717) is 4.94 Å². The van der Waals surface area contributed by atoms with Gasteiger partial charge in [-0.1, -0.05) is 0 Å². The third-order valence-corrected chi connectivity index (χ3v) is 6.36. The summed E-state index contributed by atoms with van der Waals surface area (Å²) < 4.78 is 1.20. The number of rotatable bonds is 3. The van der Waals surface area contributed by atoms with Crippen molar-refractivity contribution in [2.75, 3.05) is 5.01 Å². The second-order valence-electron chi connectivity index (χ2n) is 5.33. The third kappa shape index (κ3) is 2.94. The molecule has 3 aromatic rings. The molecule has 1 atom stereocenters. The Hall–Kier alpha value is -2.35. The molecule has 1 aliphatic rings. The van der Waals surface area contributed by atoms with E-state index in [1.807, 2.05) is 6.07 Å². The van der Waals surface area contributed by atoms with Crippen molar-refractivity contribution in [3.8, 4) is 0 Å². The van der Waals surface area contributed by atoms with Crippen LogP contribution in [0.4, 0.5) is 5.69 Å². The summed E-state index contributed by atoms with van der Waals surface area (Å²) in [7, 11) is 0. The van der Waals surface area contributed by atoms with Gasteiger partial charge in [0.15, 0.2) is 0 Å². The molecule has 0 aromatic heterocycles. The van der Waals surface area contributed by atoms with E-state index in [4.69, 9.17) is 5.10 Å². The molecular weight excluding hydrogens is 347 g/mol. The maximum atomic E-state index is 4.96. The fourth-order valence-corrected chi connectivity index (χ4v) is 5.11. The molecule has 3 heteroatoms. The Morgan fingerprint density at radius 3 is 1.91 bits per heavy atom. The van der Waals surface area contributed by atoms with Crippen LogP contribution in [-0.2, 0) is 0 Å². The van der Waals surface area contributed by atoms with E-state index in [-0.39, 0.29) is 15.0 Å². The first kappa shape index (κ1) is 14.3. The van der Waals surface area contributed by atoms with Crippen LogP contribution < -0.4 is 5.01 Å². The molecule has 0 amide bonds. The van der Waals surface area contributed by atoms with E-state index in [0.717, 1.165) is 5.69 Å². The van der Waals surface area contributed by atoms with E-state index >= 15 is 0 Å². The van der Waals surface area contributed by atoms with Crippen LogP contribution in [0.1, 0.15) is 16.1 Å². The number of para-hydroxylation sites is 1. The summed E-state index contributed by atoms with van der Waals surface area (Å²) in [4.78, 5) is 0.307. The molecule has 23 heavy (non-hydrogen) atoms. The Kier molecular flexibility index (Phi) is 3.97. The molecule has 2 nitrogen and oxygen atoms in total. The average molecular weight is 363 g/mol. The van der Waals surface area contributed by atoms with E-state index in [1.165, 1.54) is 15.7 Å². The molecule has 0 spiro atoms. The van der Waals surface area contributed by atoms with Gasteiger partial charge in [0.25, 0.3) is 0 Å². The van der Waals surface area contributed by atoms with Gasteiger partial charge in [-0.3, -0.25) is 0 Å². The summed E-state index contributed by atoms with van der Waals surface area (Å²) in [6.07, 6.45) is 0. The van der Waals surface area contributed by atoms with Gasteiger partial charge in [-0.25, -0.2) is 0 Å². The zero-order chi connectivity index (χ0) is 15.5. The molecule has 1 unspecified atom stereocenters. The molecule has 3 aromatic carbocycles. The molecule has 4 rings (SSSR count). The van der Waals surface area contributed by atoms with Crippen molar-refractivity contribution in [3.63, 3.8) is 0 Å². The van der Waals surface area contributed by atoms with E-state index in [1.54, 1.807) is 0 Å². The Bertz CT molecular complexity index is 801. The Labute approximate surface area is 142 Å². The van der Waals surface area contributed by atoms with Crippen molar-refractivity contribution in [2.45, 2.75) is 4.94 Å². The Morgan fingerprint density at radius 1 is 0.696 bits per heavy atom. The summed E-state index contributed by atoms with van der Waals surface area (Å²) in [6, 6.07) is 31.6. The first-order chi connectivity index (χ1) is 11.4. The van der Waals surface area contributed by atoms with Gasteiger partial charge in [0.05, 0.1) is 0 Å². The van der Waals surface area contributed by atoms with Crippen LogP contribution in [0, 0.1) is 0 Å². The van der Waals surface area contributed by atoms with Crippen LogP contribution >= 0.6 is 0 Å². The molecule has 112 valence electrons. The van der Waals surface area contributed by atoms with Crippen molar-refractivity contribution in [2.24, 2.45) is 5.10 Å². The van der Waals surface area contributed by atoms with Crippen LogP contribution in [0.25, 0.3) is 0 Å². The summed E-state index contributed by atoms with van der Waals surface area (Å²) in [5.74, 6) is 0. The van der Waals surface area contributed by atoms with Crippen molar-refractivity contribution in [1.82, 2.24) is 0 Å². The van der Waals surface area contributed by atoms with Gasteiger partial charge >= 0.3 is 142 Å². The summed E-state index contributed by atoms with van der Waals surface area (Å²) in [5, 5.41) is 7.14. The first-order valence-electron chi connectivity index (χ1n) is 7.62. The average Bonchev–Trinajstić information content (AvgIpc) is 3.09. The zero-order valence-corrected chi connectivity index (χ0v) is 14.3. The fraction of sp³-hybridized carbons (Fsp3) is 0.0500. The van der Waals surface area contributed by atoms with Crippen molar-refractivity contribution in [1.29, 1.82) is 0 Å². The molecule has 1 aliphatic heterocycles. The van der Waals surface area contributed by atoms with Gasteiger partial charge in [-0.15, -0.1) is 0 Å². The van der Waals surface area contributed by atoms with Crippen LogP contribution in [0.5, 0.6) is 0 Å². The van der Waals surface area contributed by atoms with Crippen LogP contribution in [0.3, 0.4) is 0 Å². The Balaban J connectivity index is 1.75. The monoisotopic (exact) mass is 364 g/mol. The van der Waals surface area contributed by atoms with Gasteiger partial charge in [0, 0.05) is 0 Å². The first-order valence-corrected chi connectivity index (χ1v) is 9.46. The summed E-state index contributed by atoms with van der Waals surface area (Å²) in [5.41, 5.74) is 3.70. The minimum atomic E-state index is 0.262. The van der Waals surface area contributed by atoms with Crippen LogP contribution in [0.15, 0.2) is 96.1 Å². The molecule has 0 aliphatic carbocycles. The molecule has 0 N–H and O–H groups in total. The SMILES string of the molecule is c1ccc(C2=NN(c3ccccc3)C(c3ccccc3)[Se]2)cc1. The molecule has 0 bridgehead atoms. The standard InChI is InChI=1S/C20H16N2Se/c1-4-10-16(11-5-1)19-21-22(18-14-8-3-9-15-18)20(23-19)17-12-6-2-7-13-17/h1-15,20H. The van der Waals surface area contributed by atoms with E-state index in [9.17, 15) is 0 Å². The van der Waals surface area contributed by atoms with Crippen LogP contribution in [-0.4, -0.2) is 19.6 Å². The number of nitrogens with zero attached hydrogens (tertiary/aromatic N) is 2. The molecule has 0 radical (unpaired) electrons. The predicted octanol–water partition coefficient (Wildman–Crippen LogP) is 4.27. The Morgan fingerprint density at radius 2 is 1.26 bits per heavy atom. The number of hydrogen-bond acceptors (Lipinski definition) is 2. The quantitative estimate of drug-likeness (QED) is 0.635. The van der Waals surface area contributed by atoms with Gasteiger partial charge in [-0.05, 0) is 0 Å². The minimum absolute atomic E-state index is 0.262. The van der Waals surface area contributed by atoms with E-state index < -0.39 is 0 Å². The van der Waals surface area contributed by atoms with Crippen LogP contribution in [0.2, 0.25) is 0 Å². The molecule has 0 saturated heterocycles. The summed E-state index contributed by atoms with van der Waals surface area (Å²) in [6.45, 7) is 0.